The van der Waals surface area contributed by atoms with E-state index in [0.29, 0.717) is 11.6 Å². The van der Waals surface area contributed by atoms with Crippen molar-refractivity contribution in [2.75, 3.05) is 5.32 Å². The number of nitrogens with zero attached hydrogens (tertiary/aromatic N) is 1. The van der Waals surface area contributed by atoms with E-state index in [9.17, 15) is 4.79 Å². The summed E-state index contributed by atoms with van der Waals surface area (Å²) in [6, 6.07) is 10.3. The number of anilines is 1. The van der Waals surface area contributed by atoms with Crippen LogP contribution in [0.1, 0.15) is 36.6 Å². The average Bonchev–Trinajstić information content (AvgIpc) is 2.85. The molecule has 0 spiro atoms. The summed E-state index contributed by atoms with van der Waals surface area (Å²) in [5.74, 6) is 0.0578. The van der Waals surface area contributed by atoms with Gasteiger partial charge in [-0.1, -0.05) is 43.7 Å². The number of rotatable bonds is 6. The molecule has 0 saturated heterocycles. The first-order valence-electron chi connectivity index (χ1n) is 6.56. The maximum Gasteiger partial charge on any atom is 0.226 e. The van der Waals surface area contributed by atoms with E-state index in [1.54, 1.807) is 11.3 Å². The molecule has 19 heavy (non-hydrogen) atoms. The summed E-state index contributed by atoms with van der Waals surface area (Å²) in [7, 11) is 0. The second-order valence-corrected chi connectivity index (χ2v) is 5.56. The minimum Gasteiger partial charge on any atom is -0.302 e. The summed E-state index contributed by atoms with van der Waals surface area (Å²) in [4.78, 5) is 17.0. The molecule has 0 aliphatic rings. The van der Waals surface area contributed by atoms with Crippen molar-refractivity contribution in [3.05, 3.63) is 47.0 Å². The fraction of sp³-hybridized carbons (Fsp3) is 0.333. The lowest BCUT2D eigenvalue weighted by molar-refractivity contribution is -0.116. The van der Waals surface area contributed by atoms with Gasteiger partial charge in [-0.3, -0.25) is 4.79 Å². The first-order valence-corrected chi connectivity index (χ1v) is 7.38. The molecule has 4 heteroatoms. The highest BCUT2D eigenvalue weighted by atomic mass is 32.1. The fourth-order valence-electron chi connectivity index (χ4n) is 1.76. The molecule has 1 aromatic carbocycles. The standard InChI is InChI=1S/C15H18N2OS/c1-2-3-9-14(18)17-15-16-11-13(19-15)10-12-7-5-4-6-8-12/h4-8,11H,2-3,9-10H2,1H3,(H,16,17,18). The van der Waals surface area contributed by atoms with Gasteiger partial charge in [-0.25, -0.2) is 4.98 Å². The zero-order valence-electron chi connectivity index (χ0n) is 11.1. The van der Waals surface area contributed by atoms with Crippen molar-refractivity contribution in [2.24, 2.45) is 0 Å². The molecule has 0 unspecified atom stereocenters. The maximum atomic E-state index is 11.6. The Balaban J connectivity index is 1.90. The molecule has 0 fully saturated rings. The van der Waals surface area contributed by atoms with Gasteiger partial charge in [0.25, 0.3) is 0 Å². The number of amides is 1. The zero-order chi connectivity index (χ0) is 13.5. The first-order chi connectivity index (χ1) is 9.28. The van der Waals surface area contributed by atoms with E-state index in [4.69, 9.17) is 0 Å². The topological polar surface area (TPSA) is 42.0 Å². The molecule has 1 N–H and O–H groups in total. The quantitative estimate of drug-likeness (QED) is 0.869. The van der Waals surface area contributed by atoms with Crippen LogP contribution in [0.15, 0.2) is 36.5 Å². The Bertz CT molecular complexity index is 522. The molecular formula is C15H18N2OS. The lowest BCUT2D eigenvalue weighted by Crippen LogP contribution is -2.10. The van der Waals surface area contributed by atoms with Gasteiger partial charge >= 0.3 is 0 Å². The molecule has 2 rings (SSSR count). The van der Waals surface area contributed by atoms with Crippen LogP contribution in [0, 0.1) is 0 Å². The second kappa shape index (κ2) is 7.04. The normalized spacial score (nSPS) is 10.4. The largest absolute Gasteiger partial charge is 0.302 e. The van der Waals surface area contributed by atoms with Gasteiger partial charge in [0.15, 0.2) is 5.13 Å². The van der Waals surface area contributed by atoms with Crippen LogP contribution < -0.4 is 5.32 Å². The van der Waals surface area contributed by atoms with Gasteiger partial charge in [-0.05, 0) is 12.0 Å². The van der Waals surface area contributed by atoms with Crippen molar-refractivity contribution in [3.8, 4) is 0 Å². The monoisotopic (exact) mass is 274 g/mol. The number of unbranched alkanes of at least 4 members (excludes halogenated alkanes) is 1. The molecule has 0 saturated carbocycles. The lowest BCUT2D eigenvalue weighted by Gasteiger charge is -1.99. The third-order valence-electron chi connectivity index (χ3n) is 2.78. The van der Waals surface area contributed by atoms with Crippen molar-refractivity contribution in [3.63, 3.8) is 0 Å². The van der Waals surface area contributed by atoms with Crippen molar-refractivity contribution in [1.29, 1.82) is 0 Å². The van der Waals surface area contributed by atoms with Gasteiger partial charge in [-0.15, -0.1) is 11.3 Å². The minimum atomic E-state index is 0.0578. The summed E-state index contributed by atoms with van der Waals surface area (Å²) in [6.07, 6.45) is 5.24. The summed E-state index contributed by atoms with van der Waals surface area (Å²) in [5, 5.41) is 3.55. The van der Waals surface area contributed by atoms with Crippen LogP contribution in [0.25, 0.3) is 0 Å². The Morgan fingerprint density at radius 2 is 2.11 bits per heavy atom. The third kappa shape index (κ3) is 4.48. The lowest BCUT2D eigenvalue weighted by atomic mass is 10.1. The number of carbonyl (C=O) groups is 1. The van der Waals surface area contributed by atoms with Gasteiger partial charge in [0, 0.05) is 23.9 Å². The molecule has 0 bridgehead atoms. The van der Waals surface area contributed by atoms with Gasteiger partial charge in [-0.2, -0.15) is 0 Å². The Kier molecular flexibility index (Phi) is 5.10. The van der Waals surface area contributed by atoms with E-state index >= 15 is 0 Å². The van der Waals surface area contributed by atoms with Crippen LogP contribution in [0.3, 0.4) is 0 Å². The van der Waals surface area contributed by atoms with Crippen molar-refractivity contribution in [1.82, 2.24) is 4.98 Å². The summed E-state index contributed by atoms with van der Waals surface area (Å²) < 4.78 is 0. The first kappa shape index (κ1) is 13.7. The molecule has 1 heterocycles. The van der Waals surface area contributed by atoms with Crippen molar-refractivity contribution < 1.29 is 4.79 Å². The van der Waals surface area contributed by atoms with Crippen LogP contribution in [0.5, 0.6) is 0 Å². The second-order valence-electron chi connectivity index (χ2n) is 4.45. The number of aromatic nitrogens is 1. The van der Waals surface area contributed by atoms with E-state index < -0.39 is 0 Å². The molecule has 0 aliphatic heterocycles. The van der Waals surface area contributed by atoms with Crippen LogP contribution in [0.4, 0.5) is 5.13 Å². The number of hydrogen-bond donors (Lipinski definition) is 1. The van der Waals surface area contributed by atoms with Crippen molar-refractivity contribution in [2.45, 2.75) is 32.6 Å². The number of carbonyl (C=O) groups excluding carboxylic acids is 1. The predicted molar refractivity (Wildman–Crippen MR) is 79.5 cm³/mol. The maximum absolute atomic E-state index is 11.6. The van der Waals surface area contributed by atoms with Gasteiger partial charge in [0.05, 0.1) is 0 Å². The molecule has 1 amide bonds. The SMILES string of the molecule is CCCCC(=O)Nc1ncc(Cc2ccccc2)s1. The summed E-state index contributed by atoms with van der Waals surface area (Å²) in [5.41, 5.74) is 1.26. The van der Waals surface area contributed by atoms with Crippen LogP contribution in [-0.4, -0.2) is 10.9 Å². The Morgan fingerprint density at radius 3 is 2.84 bits per heavy atom. The smallest absolute Gasteiger partial charge is 0.226 e. The minimum absolute atomic E-state index is 0.0578. The fourth-order valence-corrected chi connectivity index (χ4v) is 2.63. The predicted octanol–water partition coefficient (Wildman–Crippen LogP) is 3.86. The van der Waals surface area contributed by atoms with E-state index in [1.165, 1.54) is 5.56 Å². The van der Waals surface area contributed by atoms with E-state index in [1.807, 2.05) is 24.4 Å². The Hall–Kier alpha value is -1.68. The third-order valence-corrected chi connectivity index (χ3v) is 3.69. The summed E-state index contributed by atoms with van der Waals surface area (Å²) in [6.45, 7) is 2.08. The molecule has 0 atom stereocenters. The Morgan fingerprint density at radius 1 is 1.32 bits per heavy atom. The van der Waals surface area contributed by atoms with E-state index in [2.05, 4.69) is 29.4 Å². The zero-order valence-corrected chi connectivity index (χ0v) is 11.9. The molecule has 0 aliphatic carbocycles. The average molecular weight is 274 g/mol. The summed E-state index contributed by atoms with van der Waals surface area (Å²) >= 11 is 1.55. The van der Waals surface area contributed by atoms with Gasteiger partial charge in [0.1, 0.15) is 0 Å². The molecule has 100 valence electrons. The van der Waals surface area contributed by atoms with Crippen LogP contribution in [0.2, 0.25) is 0 Å². The van der Waals surface area contributed by atoms with Crippen molar-refractivity contribution >= 4 is 22.4 Å². The molecule has 3 nitrogen and oxygen atoms in total. The number of benzene rings is 1. The Labute approximate surface area is 117 Å². The molecular weight excluding hydrogens is 256 g/mol. The van der Waals surface area contributed by atoms with E-state index in [-0.39, 0.29) is 5.91 Å². The number of thiazole rings is 1. The highest BCUT2D eigenvalue weighted by molar-refractivity contribution is 7.15. The highest BCUT2D eigenvalue weighted by Crippen LogP contribution is 2.21. The molecule has 1 aromatic heterocycles. The van der Waals surface area contributed by atoms with Gasteiger partial charge in [0.2, 0.25) is 5.91 Å². The van der Waals surface area contributed by atoms with Crippen LogP contribution >= 0.6 is 11.3 Å². The van der Waals surface area contributed by atoms with Gasteiger partial charge < -0.3 is 5.32 Å². The highest BCUT2D eigenvalue weighted by Gasteiger charge is 2.06. The number of nitrogens with one attached hydrogen (secondary N) is 1. The molecule has 0 radical (unpaired) electrons. The number of hydrogen-bond acceptors (Lipinski definition) is 3. The van der Waals surface area contributed by atoms with Crippen LogP contribution in [-0.2, 0) is 11.2 Å². The molecule has 2 aromatic rings. The van der Waals surface area contributed by atoms with E-state index in [0.717, 1.165) is 24.1 Å².